The Bertz CT molecular complexity index is 495. The van der Waals surface area contributed by atoms with Gasteiger partial charge in [-0.3, -0.25) is 0 Å². The van der Waals surface area contributed by atoms with E-state index in [0.717, 1.165) is 0 Å². The molecule has 0 aliphatic rings. The summed E-state index contributed by atoms with van der Waals surface area (Å²) in [5.41, 5.74) is 0.678. The van der Waals surface area contributed by atoms with Gasteiger partial charge in [0.05, 0.1) is 0 Å². The molecule has 0 N–H and O–H groups in total. The third kappa shape index (κ3) is 2.00. The Morgan fingerprint density at radius 1 is 0.867 bits per heavy atom. The van der Waals surface area contributed by atoms with Crippen LogP contribution in [0, 0.1) is 11.6 Å². The number of hydrogen-bond acceptors (Lipinski definition) is 0. The van der Waals surface area contributed by atoms with Gasteiger partial charge in [0.1, 0.15) is 11.6 Å². The van der Waals surface area contributed by atoms with E-state index in [1.807, 2.05) is 0 Å². The second kappa shape index (κ2) is 3.99. The Balaban J connectivity index is 2.64. The van der Waals surface area contributed by atoms with Crippen molar-refractivity contribution in [2.75, 3.05) is 0 Å². The Morgan fingerprint density at radius 3 is 2.33 bits per heavy atom. The summed E-state index contributed by atoms with van der Waals surface area (Å²) >= 11 is 5.87. The van der Waals surface area contributed by atoms with E-state index in [2.05, 4.69) is 0 Å². The molecular weight excluding hydrogens is 218 g/mol. The lowest BCUT2D eigenvalue weighted by molar-refractivity contribution is 0.624. The van der Waals surface area contributed by atoms with Gasteiger partial charge in [0, 0.05) is 16.1 Å². The van der Waals surface area contributed by atoms with Gasteiger partial charge in [0.15, 0.2) is 0 Å². The van der Waals surface area contributed by atoms with E-state index in [-0.39, 0.29) is 0 Å². The normalized spacial score (nSPS) is 10.3. The van der Waals surface area contributed by atoms with Crippen LogP contribution in [0.4, 0.5) is 8.78 Å². The Hall–Kier alpha value is -1.41. The van der Waals surface area contributed by atoms with Crippen LogP contribution >= 0.6 is 11.6 Å². The molecule has 2 aromatic carbocycles. The Morgan fingerprint density at radius 2 is 1.60 bits per heavy atom. The van der Waals surface area contributed by atoms with Crippen molar-refractivity contribution in [3.63, 3.8) is 0 Å². The zero-order valence-corrected chi connectivity index (χ0v) is 8.43. The van der Waals surface area contributed by atoms with Crippen LogP contribution in [-0.2, 0) is 0 Å². The summed E-state index contributed by atoms with van der Waals surface area (Å²) in [6.07, 6.45) is 0. The zero-order valence-electron chi connectivity index (χ0n) is 7.68. The summed E-state index contributed by atoms with van der Waals surface area (Å²) in [5.74, 6) is -0.845. The van der Waals surface area contributed by atoms with E-state index in [1.54, 1.807) is 18.2 Å². The highest BCUT2D eigenvalue weighted by molar-refractivity contribution is 6.33. The lowest BCUT2D eigenvalue weighted by Gasteiger charge is -2.05. The van der Waals surface area contributed by atoms with Gasteiger partial charge in [-0.2, -0.15) is 0 Å². The Labute approximate surface area is 91.1 Å². The van der Waals surface area contributed by atoms with Crippen molar-refractivity contribution in [2.45, 2.75) is 0 Å². The largest absolute Gasteiger partial charge is 0.207 e. The third-order valence-corrected chi connectivity index (χ3v) is 2.42. The first-order valence-corrected chi connectivity index (χ1v) is 4.76. The van der Waals surface area contributed by atoms with Crippen molar-refractivity contribution in [3.05, 3.63) is 59.1 Å². The maximum absolute atomic E-state index is 13.4. The summed E-state index contributed by atoms with van der Waals surface area (Å²) in [5, 5.41) is 0.335. The van der Waals surface area contributed by atoms with Crippen molar-refractivity contribution < 1.29 is 8.78 Å². The zero-order chi connectivity index (χ0) is 10.8. The minimum Gasteiger partial charge on any atom is -0.207 e. The lowest BCUT2D eigenvalue weighted by atomic mass is 10.1. The fourth-order valence-corrected chi connectivity index (χ4v) is 1.60. The van der Waals surface area contributed by atoms with Gasteiger partial charge >= 0.3 is 0 Å². The standard InChI is InChI=1S/C12H7ClF2/c13-11-6-5-8(14)7-10(11)9-3-1-2-4-12(9)15/h1-7H. The predicted molar refractivity (Wildman–Crippen MR) is 56.8 cm³/mol. The van der Waals surface area contributed by atoms with Crippen molar-refractivity contribution >= 4 is 11.6 Å². The van der Waals surface area contributed by atoms with E-state index in [1.165, 1.54) is 24.3 Å². The molecule has 0 aliphatic heterocycles. The van der Waals surface area contributed by atoms with E-state index in [4.69, 9.17) is 11.6 Å². The van der Waals surface area contributed by atoms with Gasteiger partial charge < -0.3 is 0 Å². The van der Waals surface area contributed by atoms with Gasteiger partial charge in [0.25, 0.3) is 0 Å². The van der Waals surface area contributed by atoms with E-state index in [9.17, 15) is 8.78 Å². The molecule has 0 fully saturated rings. The summed E-state index contributed by atoms with van der Waals surface area (Å²) in [6.45, 7) is 0. The quantitative estimate of drug-likeness (QED) is 0.678. The molecule has 0 amide bonds. The maximum atomic E-state index is 13.4. The second-order valence-electron chi connectivity index (χ2n) is 3.10. The van der Waals surface area contributed by atoms with Crippen LogP contribution in [-0.4, -0.2) is 0 Å². The van der Waals surface area contributed by atoms with Crippen LogP contribution in [0.3, 0.4) is 0 Å². The van der Waals surface area contributed by atoms with E-state index >= 15 is 0 Å². The van der Waals surface area contributed by atoms with E-state index in [0.29, 0.717) is 16.1 Å². The highest BCUT2D eigenvalue weighted by atomic mass is 35.5. The molecule has 15 heavy (non-hydrogen) atoms. The van der Waals surface area contributed by atoms with Crippen LogP contribution < -0.4 is 0 Å². The highest BCUT2D eigenvalue weighted by Crippen LogP contribution is 2.30. The summed E-state index contributed by atoms with van der Waals surface area (Å²) in [6, 6.07) is 10.0. The maximum Gasteiger partial charge on any atom is 0.131 e. The molecule has 0 saturated heterocycles. The van der Waals surface area contributed by atoms with Gasteiger partial charge in [0.2, 0.25) is 0 Å². The molecule has 2 rings (SSSR count). The average molecular weight is 225 g/mol. The van der Waals surface area contributed by atoms with Gasteiger partial charge in [-0.25, -0.2) is 8.78 Å². The second-order valence-corrected chi connectivity index (χ2v) is 3.51. The third-order valence-electron chi connectivity index (χ3n) is 2.09. The molecule has 2 aromatic rings. The topological polar surface area (TPSA) is 0 Å². The number of benzene rings is 2. The van der Waals surface area contributed by atoms with Crippen LogP contribution in [0.15, 0.2) is 42.5 Å². The first-order valence-electron chi connectivity index (χ1n) is 4.38. The van der Waals surface area contributed by atoms with Crippen LogP contribution in [0.25, 0.3) is 11.1 Å². The molecule has 0 spiro atoms. The molecule has 0 aromatic heterocycles. The van der Waals surface area contributed by atoms with Crippen LogP contribution in [0.2, 0.25) is 5.02 Å². The summed E-state index contributed by atoms with van der Waals surface area (Å²) in [4.78, 5) is 0. The first kappa shape index (κ1) is 10.1. The fraction of sp³-hybridized carbons (Fsp3) is 0. The molecule has 0 aliphatic carbocycles. The molecular formula is C12H7ClF2. The molecule has 0 unspecified atom stereocenters. The fourth-order valence-electron chi connectivity index (χ4n) is 1.38. The van der Waals surface area contributed by atoms with Crippen molar-refractivity contribution in [2.24, 2.45) is 0 Å². The molecule has 0 nitrogen and oxygen atoms in total. The molecule has 0 heterocycles. The smallest absolute Gasteiger partial charge is 0.131 e. The SMILES string of the molecule is Fc1ccc(Cl)c(-c2ccccc2F)c1. The first-order chi connectivity index (χ1) is 7.18. The highest BCUT2D eigenvalue weighted by Gasteiger charge is 2.08. The molecule has 0 bridgehead atoms. The minimum absolute atomic E-state index is 0.307. The van der Waals surface area contributed by atoms with Crippen molar-refractivity contribution in [1.29, 1.82) is 0 Å². The Kier molecular flexibility index (Phi) is 2.69. The lowest BCUT2D eigenvalue weighted by Crippen LogP contribution is -1.86. The number of hydrogen-bond donors (Lipinski definition) is 0. The van der Waals surface area contributed by atoms with Crippen LogP contribution in [0.1, 0.15) is 0 Å². The van der Waals surface area contributed by atoms with Crippen molar-refractivity contribution in [3.8, 4) is 11.1 Å². The van der Waals surface area contributed by atoms with Crippen molar-refractivity contribution in [1.82, 2.24) is 0 Å². The van der Waals surface area contributed by atoms with Gasteiger partial charge in [-0.1, -0.05) is 29.8 Å². The van der Waals surface area contributed by atoms with E-state index < -0.39 is 11.6 Å². The van der Waals surface area contributed by atoms with Crippen LogP contribution in [0.5, 0.6) is 0 Å². The monoisotopic (exact) mass is 224 g/mol. The summed E-state index contributed by atoms with van der Waals surface area (Å²) in [7, 11) is 0. The molecule has 0 radical (unpaired) electrons. The molecule has 0 atom stereocenters. The minimum atomic E-state index is -0.433. The predicted octanol–water partition coefficient (Wildman–Crippen LogP) is 4.29. The molecule has 76 valence electrons. The number of rotatable bonds is 1. The average Bonchev–Trinajstić information content (AvgIpc) is 2.23. The summed E-state index contributed by atoms with van der Waals surface area (Å²) < 4.78 is 26.4. The van der Waals surface area contributed by atoms with Gasteiger partial charge in [-0.15, -0.1) is 0 Å². The molecule has 0 saturated carbocycles. The van der Waals surface area contributed by atoms with Gasteiger partial charge in [-0.05, 0) is 24.3 Å². The molecule has 3 heteroatoms. The number of halogens is 3.